The molecule has 1 N–H and O–H groups in total. The molecule has 1 aromatic rings. The third-order valence-electron chi connectivity index (χ3n) is 2.96. The highest BCUT2D eigenvalue weighted by molar-refractivity contribution is 5.38. The zero-order chi connectivity index (χ0) is 16.0. The summed E-state index contributed by atoms with van der Waals surface area (Å²) in [6.07, 6.45) is 0.0465. The van der Waals surface area contributed by atoms with Crippen LogP contribution in [0.5, 0.6) is 5.75 Å². The molecular formula is C14H18FN3O3. The maximum atomic E-state index is 13.5. The Morgan fingerprint density at radius 2 is 2.29 bits per heavy atom. The van der Waals surface area contributed by atoms with E-state index in [9.17, 15) is 14.5 Å². The molecule has 0 bridgehead atoms. The van der Waals surface area contributed by atoms with E-state index in [4.69, 9.17) is 10.00 Å². The normalized spacial score (nSPS) is 14.8. The zero-order valence-corrected chi connectivity index (χ0v) is 12.2. The van der Waals surface area contributed by atoms with Crippen molar-refractivity contribution in [3.05, 3.63) is 34.1 Å². The average Bonchev–Trinajstić information content (AvgIpc) is 2.38. The van der Waals surface area contributed by atoms with Gasteiger partial charge in [0.05, 0.1) is 17.1 Å². The Balaban J connectivity index is 2.75. The topological polar surface area (TPSA) is 88.2 Å². The van der Waals surface area contributed by atoms with Gasteiger partial charge in [-0.25, -0.2) is 0 Å². The lowest BCUT2D eigenvalue weighted by atomic mass is 9.96. The van der Waals surface area contributed by atoms with Gasteiger partial charge in [0.25, 0.3) is 0 Å². The van der Waals surface area contributed by atoms with Crippen molar-refractivity contribution in [2.45, 2.75) is 38.8 Å². The van der Waals surface area contributed by atoms with Crippen molar-refractivity contribution in [1.82, 2.24) is 5.32 Å². The van der Waals surface area contributed by atoms with E-state index in [1.54, 1.807) is 13.8 Å². The van der Waals surface area contributed by atoms with Crippen molar-refractivity contribution in [3.63, 3.8) is 0 Å². The van der Waals surface area contributed by atoms with E-state index in [2.05, 4.69) is 11.4 Å². The molecule has 2 unspecified atom stereocenters. The number of rotatable bonds is 7. The Morgan fingerprint density at radius 3 is 2.76 bits per heavy atom. The Labute approximate surface area is 122 Å². The molecule has 0 aliphatic carbocycles. The molecule has 0 fully saturated rings. The van der Waals surface area contributed by atoms with Crippen LogP contribution in [0.25, 0.3) is 0 Å². The number of hydrogen-bond acceptors (Lipinski definition) is 5. The number of nitrogens with zero attached hydrogens (tertiary/aromatic N) is 2. The van der Waals surface area contributed by atoms with E-state index in [-0.39, 0.29) is 11.9 Å². The average molecular weight is 295 g/mol. The van der Waals surface area contributed by atoms with Crippen LogP contribution < -0.4 is 10.1 Å². The van der Waals surface area contributed by atoms with Gasteiger partial charge >= 0.3 is 5.69 Å². The predicted octanol–water partition coefficient (Wildman–Crippen LogP) is 2.78. The minimum absolute atomic E-state index is 0.197. The van der Waals surface area contributed by atoms with Crippen molar-refractivity contribution < 1.29 is 14.1 Å². The van der Waals surface area contributed by atoms with Crippen molar-refractivity contribution in [3.8, 4) is 11.8 Å². The van der Waals surface area contributed by atoms with Crippen LogP contribution in [-0.2, 0) is 0 Å². The van der Waals surface area contributed by atoms with Gasteiger partial charge in [-0.05, 0) is 26.5 Å². The van der Waals surface area contributed by atoms with Crippen LogP contribution in [0.1, 0.15) is 27.2 Å². The van der Waals surface area contributed by atoms with Gasteiger partial charge in [0.1, 0.15) is 11.3 Å². The summed E-state index contributed by atoms with van der Waals surface area (Å²) in [6, 6.07) is 5.56. The van der Waals surface area contributed by atoms with Gasteiger partial charge < -0.3 is 4.74 Å². The van der Waals surface area contributed by atoms with E-state index in [1.807, 2.05) is 6.92 Å². The molecule has 0 radical (unpaired) electrons. The zero-order valence-electron chi connectivity index (χ0n) is 12.2. The fourth-order valence-electron chi connectivity index (χ4n) is 2.11. The van der Waals surface area contributed by atoms with Crippen LogP contribution in [-0.4, -0.2) is 23.1 Å². The summed E-state index contributed by atoms with van der Waals surface area (Å²) in [6.45, 7) is 6.05. The lowest BCUT2D eigenvalue weighted by Gasteiger charge is -2.26. The molecule has 0 spiro atoms. The first-order chi connectivity index (χ1) is 9.81. The van der Waals surface area contributed by atoms with Crippen molar-refractivity contribution in [1.29, 1.82) is 5.26 Å². The SMILES string of the molecule is CCNC(C)(C#N)CC(C)Oc1ccc([N+](=O)[O-])c(F)c1. The smallest absolute Gasteiger partial charge is 0.305 e. The lowest BCUT2D eigenvalue weighted by Crippen LogP contribution is -2.44. The van der Waals surface area contributed by atoms with Gasteiger partial charge in [0.15, 0.2) is 0 Å². The lowest BCUT2D eigenvalue weighted by molar-refractivity contribution is -0.387. The predicted molar refractivity (Wildman–Crippen MR) is 75.5 cm³/mol. The second-order valence-electron chi connectivity index (χ2n) is 4.98. The van der Waals surface area contributed by atoms with Crippen LogP contribution in [0.2, 0.25) is 0 Å². The number of nitro groups is 1. The molecule has 1 aromatic carbocycles. The van der Waals surface area contributed by atoms with Crippen LogP contribution in [0.4, 0.5) is 10.1 Å². The molecule has 0 heterocycles. The molecule has 6 nitrogen and oxygen atoms in total. The maximum Gasteiger partial charge on any atom is 0.305 e. The Hall–Kier alpha value is -2.20. The molecule has 0 saturated carbocycles. The second kappa shape index (κ2) is 6.99. The quantitative estimate of drug-likeness (QED) is 0.617. The van der Waals surface area contributed by atoms with Crippen molar-refractivity contribution in [2.24, 2.45) is 0 Å². The summed E-state index contributed by atoms with van der Waals surface area (Å²) < 4.78 is 19.0. The van der Waals surface area contributed by atoms with E-state index in [0.29, 0.717) is 13.0 Å². The molecule has 1 rings (SSSR count). The van der Waals surface area contributed by atoms with E-state index >= 15 is 0 Å². The molecule has 21 heavy (non-hydrogen) atoms. The minimum atomic E-state index is -0.945. The summed E-state index contributed by atoms with van der Waals surface area (Å²) in [5.41, 5.74) is -1.34. The third kappa shape index (κ3) is 4.68. The van der Waals surface area contributed by atoms with Gasteiger partial charge in [-0.15, -0.1) is 0 Å². The van der Waals surface area contributed by atoms with Gasteiger partial charge in [-0.1, -0.05) is 6.92 Å². The van der Waals surface area contributed by atoms with Crippen LogP contribution in [0, 0.1) is 27.3 Å². The Morgan fingerprint density at radius 1 is 1.62 bits per heavy atom. The Bertz CT molecular complexity index is 559. The number of nitriles is 1. The van der Waals surface area contributed by atoms with Crippen molar-refractivity contribution in [2.75, 3.05) is 6.54 Å². The number of halogens is 1. The highest BCUT2D eigenvalue weighted by Crippen LogP contribution is 2.24. The van der Waals surface area contributed by atoms with Crippen LogP contribution >= 0.6 is 0 Å². The van der Waals surface area contributed by atoms with Crippen LogP contribution in [0.15, 0.2) is 18.2 Å². The van der Waals surface area contributed by atoms with Crippen molar-refractivity contribution >= 4 is 5.69 Å². The molecule has 0 amide bonds. The van der Waals surface area contributed by atoms with Gasteiger partial charge in [-0.2, -0.15) is 9.65 Å². The fourth-order valence-corrected chi connectivity index (χ4v) is 2.11. The molecule has 0 aromatic heterocycles. The van der Waals surface area contributed by atoms with Crippen LogP contribution in [0.3, 0.4) is 0 Å². The highest BCUT2D eigenvalue weighted by Gasteiger charge is 2.26. The first kappa shape index (κ1) is 16.9. The molecule has 0 aliphatic heterocycles. The summed E-state index contributed by atoms with van der Waals surface area (Å²) in [4.78, 5) is 9.74. The minimum Gasteiger partial charge on any atom is -0.491 e. The first-order valence-electron chi connectivity index (χ1n) is 6.58. The fraction of sp³-hybridized carbons (Fsp3) is 0.500. The number of nitrogens with one attached hydrogen (secondary N) is 1. The molecule has 114 valence electrons. The van der Waals surface area contributed by atoms with E-state index < -0.39 is 22.0 Å². The summed E-state index contributed by atoms with van der Waals surface area (Å²) in [7, 11) is 0. The summed E-state index contributed by atoms with van der Waals surface area (Å²) in [5.74, 6) is -0.748. The Kier molecular flexibility index (Phi) is 5.61. The maximum absolute atomic E-state index is 13.5. The van der Waals surface area contributed by atoms with Gasteiger partial charge in [-0.3, -0.25) is 15.4 Å². The summed E-state index contributed by atoms with van der Waals surface area (Å²) >= 11 is 0. The van der Waals surface area contributed by atoms with E-state index in [1.165, 1.54) is 6.07 Å². The first-order valence-corrected chi connectivity index (χ1v) is 6.58. The molecule has 0 aliphatic rings. The number of ether oxygens (including phenoxy) is 1. The molecule has 7 heteroatoms. The number of nitro benzene ring substituents is 1. The third-order valence-corrected chi connectivity index (χ3v) is 2.96. The largest absolute Gasteiger partial charge is 0.491 e. The molecule has 2 atom stereocenters. The standard InChI is InChI=1S/C14H18FN3O3/c1-4-17-14(3,9-16)8-10(2)21-11-5-6-13(18(19)20)12(15)7-11/h5-7,10,17H,4,8H2,1-3H3. The van der Waals surface area contributed by atoms with Gasteiger partial charge in [0, 0.05) is 18.6 Å². The highest BCUT2D eigenvalue weighted by atomic mass is 19.1. The van der Waals surface area contributed by atoms with Gasteiger partial charge in [0.2, 0.25) is 5.82 Å². The summed E-state index contributed by atoms with van der Waals surface area (Å²) in [5, 5.41) is 22.8. The number of benzene rings is 1. The molecule has 0 saturated heterocycles. The monoisotopic (exact) mass is 295 g/mol. The second-order valence-corrected chi connectivity index (χ2v) is 4.98. The molecular weight excluding hydrogens is 277 g/mol. The van der Waals surface area contributed by atoms with E-state index in [0.717, 1.165) is 12.1 Å². The number of hydrogen-bond donors (Lipinski definition) is 1.